The zero-order valence-electron chi connectivity index (χ0n) is 36.9. The van der Waals surface area contributed by atoms with Gasteiger partial charge in [0.2, 0.25) is 0 Å². The molecule has 1 heteroatoms. The molecule has 1 aliphatic carbocycles. The highest BCUT2D eigenvalue weighted by atomic mass is 15.0. The van der Waals surface area contributed by atoms with E-state index in [1.165, 1.54) is 105 Å². The molecule has 66 heavy (non-hydrogen) atoms. The fourth-order valence-corrected chi connectivity index (χ4v) is 10.7. The number of aromatic nitrogens is 1. The van der Waals surface area contributed by atoms with Gasteiger partial charge in [0.25, 0.3) is 0 Å². The lowest BCUT2D eigenvalue weighted by Gasteiger charge is -2.25. The van der Waals surface area contributed by atoms with Gasteiger partial charge >= 0.3 is 0 Å². The third kappa shape index (κ3) is 7.43. The highest BCUT2D eigenvalue weighted by Gasteiger charge is 2.24. The van der Waals surface area contributed by atoms with Gasteiger partial charge in [-0.1, -0.05) is 224 Å². The van der Waals surface area contributed by atoms with Gasteiger partial charge in [0, 0.05) is 27.7 Å². The van der Waals surface area contributed by atoms with E-state index in [0.717, 1.165) is 19.3 Å². The van der Waals surface area contributed by atoms with Crippen molar-refractivity contribution in [3.63, 3.8) is 0 Å². The highest BCUT2D eigenvalue weighted by molar-refractivity contribution is 6.08. The second-order valence-corrected chi connectivity index (χ2v) is 17.9. The van der Waals surface area contributed by atoms with Gasteiger partial charge in [0.1, 0.15) is 0 Å². The number of hydrogen-bond donors (Lipinski definition) is 0. The van der Waals surface area contributed by atoms with Crippen LogP contribution in [0.25, 0.3) is 82.3 Å². The van der Waals surface area contributed by atoms with Gasteiger partial charge in [-0.3, -0.25) is 0 Å². The van der Waals surface area contributed by atoms with Gasteiger partial charge in [-0.2, -0.15) is 0 Å². The molecular formula is C65H49N. The first-order valence-corrected chi connectivity index (χ1v) is 23.4. The number of aryl methyl sites for hydroxylation is 1. The topological polar surface area (TPSA) is 4.93 Å². The quantitative estimate of drug-likeness (QED) is 0.129. The molecule has 1 aromatic heterocycles. The number of hydrogen-bond acceptors (Lipinski definition) is 0. The summed E-state index contributed by atoms with van der Waals surface area (Å²) < 4.78 is 2.56. The van der Waals surface area contributed by atoms with Crippen LogP contribution in [0.15, 0.2) is 249 Å². The van der Waals surface area contributed by atoms with Gasteiger partial charge in [-0.15, -0.1) is 0 Å². The predicted molar refractivity (Wildman–Crippen MR) is 281 cm³/mol. The molecule has 0 spiro atoms. The van der Waals surface area contributed by atoms with Crippen LogP contribution in [0, 0.1) is 0 Å². The average Bonchev–Trinajstić information content (AvgIpc) is 3.73. The van der Waals surface area contributed by atoms with Crippen molar-refractivity contribution in [1.82, 2.24) is 4.57 Å². The van der Waals surface area contributed by atoms with Gasteiger partial charge in [-0.05, 0) is 126 Å². The molecule has 0 radical (unpaired) electrons. The van der Waals surface area contributed by atoms with Crippen molar-refractivity contribution in [1.29, 1.82) is 0 Å². The molecule has 2 atom stereocenters. The van der Waals surface area contributed by atoms with Crippen LogP contribution in [0.1, 0.15) is 47.1 Å². The molecule has 0 bridgehead atoms. The Labute approximate surface area is 387 Å². The normalized spacial score (nSPS) is 14.2. The molecule has 10 aromatic carbocycles. The molecule has 0 aliphatic heterocycles. The van der Waals surface area contributed by atoms with Crippen molar-refractivity contribution >= 4 is 48.9 Å². The Morgan fingerprint density at radius 3 is 1.79 bits per heavy atom. The lowest BCUT2D eigenvalue weighted by Crippen LogP contribution is -2.10. The van der Waals surface area contributed by atoms with Crippen LogP contribution >= 0.6 is 0 Å². The summed E-state index contributed by atoms with van der Waals surface area (Å²) >= 11 is 0. The van der Waals surface area contributed by atoms with Crippen molar-refractivity contribution < 1.29 is 0 Å². The number of allylic oxidation sites excluding steroid dienone is 4. The third-order valence-electron chi connectivity index (χ3n) is 14.1. The third-order valence-corrected chi connectivity index (χ3v) is 14.1. The van der Waals surface area contributed by atoms with Crippen LogP contribution in [0.3, 0.4) is 0 Å². The molecule has 12 rings (SSSR count). The number of fused-ring (bicyclic) bond motifs is 5. The average molecular weight is 844 g/mol. The summed E-state index contributed by atoms with van der Waals surface area (Å²) in [5.41, 5.74) is 16.8. The number of benzene rings is 10. The van der Waals surface area contributed by atoms with E-state index < -0.39 is 0 Å². The van der Waals surface area contributed by atoms with Crippen LogP contribution in [0.5, 0.6) is 0 Å². The van der Waals surface area contributed by atoms with E-state index in [0.29, 0.717) is 0 Å². The van der Waals surface area contributed by atoms with E-state index in [4.69, 9.17) is 0 Å². The SMILES string of the molecule is C1=CC(n2c3ccccc3c3ccccc32)CC(c2ccc([C@@H](CCc3ccc(-c4ccccc4)cc3)c3ccc(-c4cccc5ccccc45)cc3)cc2-c2ccc3ccccc3c2)=C1. The van der Waals surface area contributed by atoms with E-state index in [9.17, 15) is 0 Å². The summed E-state index contributed by atoms with van der Waals surface area (Å²) in [6.45, 7) is 0. The van der Waals surface area contributed by atoms with Crippen LogP contribution in [-0.4, -0.2) is 4.57 Å². The van der Waals surface area contributed by atoms with Crippen molar-refractivity contribution in [2.75, 3.05) is 0 Å². The van der Waals surface area contributed by atoms with Crippen molar-refractivity contribution in [3.05, 3.63) is 271 Å². The minimum absolute atomic E-state index is 0.180. The van der Waals surface area contributed by atoms with Crippen molar-refractivity contribution in [2.24, 2.45) is 0 Å². The first kappa shape index (κ1) is 39.6. The summed E-state index contributed by atoms with van der Waals surface area (Å²) in [6.07, 6.45) is 9.87. The molecule has 1 unspecified atom stereocenters. The predicted octanol–water partition coefficient (Wildman–Crippen LogP) is 17.5. The lowest BCUT2D eigenvalue weighted by molar-refractivity contribution is 0.656. The first-order valence-electron chi connectivity index (χ1n) is 23.4. The summed E-state index contributed by atoms with van der Waals surface area (Å²) in [6, 6.07) is 85.8. The number of para-hydroxylation sites is 2. The Balaban J connectivity index is 0.954. The Bertz CT molecular complexity index is 3550. The number of nitrogens with zero attached hydrogens (tertiary/aromatic N) is 1. The van der Waals surface area contributed by atoms with Crippen LogP contribution in [0.4, 0.5) is 0 Å². The van der Waals surface area contributed by atoms with E-state index in [-0.39, 0.29) is 12.0 Å². The maximum atomic E-state index is 2.56. The Morgan fingerprint density at radius 1 is 0.409 bits per heavy atom. The van der Waals surface area contributed by atoms with Crippen LogP contribution < -0.4 is 0 Å². The number of rotatable bonds is 10. The fraction of sp³-hybridized carbons (Fsp3) is 0.0769. The Morgan fingerprint density at radius 2 is 1.02 bits per heavy atom. The first-order chi connectivity index (χ1) is 32.7. The molecule has 1 heterocycles. The van der Waals surface area contributed by atoms with Gasteiger partial charge in [-0.25, -0.2) is 0 Å². The summed E-state index contributed by atoms with van der Waals surface area (Å²) in [4.78, 5) is 0. The molecule has 314 valence electrons. The monoisotopic (exact) mass is 843 g/mol. The molecule has 0 amide bonds. The van der Waals surface area contributed by atoms with Crippen molar-refractivity contribution in [3.8, 4) is 33.4 Å². The van der Waals surface area contributed by atoms with Gasteiger partial charge in [0.05, 0.1) is 6.04 Å². The standard InChI is InChI=1S/C65H49N/c1-2-14-46(15-3-1)48-31-28-45(29-32-48)30-40-57(50-34-36-51(37-35-50)59-25-13-19-49-17-6-7-22-58(49)59)55-39-41-60(63(44-55)54-38-33-47-16-4-5-18-52(47)42-54)53-20-12-21-56(43-53)66-64-26-10-8-23-61(64)62-24-9-11-27-65(62)66/h1-29,31-39,41-42,44,56-57H,30,40,43H2/t56?,57-/m0/s1. The largest absolute Gasteiger partial charge is 0.333 e. The molecule has 0 fully saturated rings. The lowest BCUT2D eigenvalue weighted by atomic mass is 9.81. The second-order valence-electron chi connectivity index (χ2n) is 17.9. The van der Waals surface area contributed by atoms with Gasteiger partial charge < -0.3 is 4.57 Å². The minimum atomic E-state index is 0.180. The molecule has 0 saturated carbocycles. The van der Waals surface area contributed by atoms with E-state index in [2.05, 4.69) is 253 Å². The molecule has 1 aliphatic rings. The maximum Gasteiger partial charge on any atom is 0.0566 e. The molecule has 11 aromatic rings. The van der Waals surface area contributed by atoms with Gasteiger partial charge in [0.15, 0.2) is 0 Å². The van der Waals surface area contributed by atoms with E-state index >= 15 is 0 Å². The molecule has 0 N–H and O–H groups in total. The van der Waals surface area contributed by atoms with Crippen LogP contribution in [-0.2, 0) is 6.42 Å². The molecular weight excluding hydrogens is 795 g/mol. The summed E-state index contributed by atoms with van der Waals surface area (Å²) in [7, 11) is 0. The minimum Gasteiger partial charge on any atom is -0.333 e. The second kappa shape index (κ2) is 17.2. The molecule has 1 nitrogen and oxygen atoms in total. The highest BCUT2D eigenvalue weighted by Crippen LogP contribution is 2.43. The maximum absolute atomic E-state index is 2.56. The summed E-state index contributed by atoms with van der Waals surface area (Å²) in [5, 5.41) is 7.68. The zero-order valence-corrected chi connectivity index (χ0v) is 36.9. The van der Waals surface area contributed by atoms with E-state index in [1.54, 1.807) is 0 Å². The summed E-state index contributed by atoms with van der Waals surface area (Å²) in [5.74, 6) is 0.180. The Hall–Kier alpha value is -8.00. The van der Waals surface area contributed by atoms with Crippen molar-refractivity contribution in [2.45, 2.75) is 31.2 Å². The van der Waals surface area contributed by atoms with E-state index in [1.807, 2.05) is 0 Å². The molecule has 0 saturated heterocycles. The zero-order chi connectivity index (χ0) is 43.8. The Kier molecular flexibility index (Phi) is 10.3. The fourth-order valence-electron chi connectivity index (χ4n) is 10.7. The smallest absolute Gasteiger partial charge is 0.0566 e. The van der Waals surface area contributed by atoms with Crippen LogP contribution in [0.2, 0.25) is 0 Å².